The third-order valence-corrected chi connectivity index (χ3v) is 4.51. The number of non-ortho nitro benzene ring substituents is 1. The van der Waals surface area contributed by atoms with E-state index in [0.717, 1.165) is 9.48 Å². The first-order valence-corrected chi connectivity index (χ1v) is 8.65. The second-order valence-electron chi connectivity index (χ2n) is 6.01. The number of hydrazine groups is 1. The Hall–Kier alpha value is -3.20. The summed E-state index contributed by atoms with van der Waals surface area (Å²) in [7, 11) is 3.54. The Morgan fingerprint density at radius 1 is 1.15 bits per heavy atom. The highest BCUT2D eigenvalue weighted by Crippen LogP contribution is 2.29. The Bertz CT molecular complexity index is 970. The molecule has 0 radical (unpaired) electrons. The molecule has 2 aromatic carbocycles. The van der Waals surface area contributed by atoms with Gasteiger partial charge in [0.25, 0.3) is 17.5 Å². The molecule has 3 rings (SSSR count). The lowest BCUT2D eigenvalue weighted by molar-refractivity contribution is -0.384. The molecule has 0 atom stereocenters. The van der Waals surface area contributed by atoms with Gasteiger partial charge >= 0.3 is 0 Å². The number of hydrogen-bond donors (Lipinski definition) is 1. The summed E-state index contributed by atoms with van der Waals surface area (Å²) < 4.78 is 0.840. The van der Waals surface area contributed by atoms with Crippen molar-refractivity contribution in [3.63, 3.8) is 0 Å². The fraction of sp³-hybridized carbons (Fsp3) is 0.111. The highest BCUT2D eigenvalue weighted by Gasteiger charge is 2.34. The third kappa shape index (κ3) is 3.68. The number of amides is 2. The van der Waals surface area contributed by atoms with Gasteiger partial charge in [-0.25, -0.2) is 5.01 Å². The van der Waals surface area contributed by atoms with Gasteiger partial charge in [-0.05, 0) is 36.4 Å². The van der Waals surface area contributed by atoms with Crippen molar-refractivity contribution < 1.29 is 14.5 Å². The first-order valence-electron chi connectivity index (χ1n) is 7.86. The van der Waals surface area contributed by atoms with Gasteiger partial charge in [-0.15, -0.1) is 0 Å². The van der Waals surface area contributed by atoms with Crippen LogP contribution in [0.25, 0.3) is 6.08 Å². The van der Waals surface area contributed by atoms with Crippen LogP contribution in [0.1, 0.15) is 5.56 Å². The largest absolute Gasteiger partial charge is 0.377 e. The highest BCUT2D eigenvalue weighted by molar-refractivity contribution is 9.10. The average Bonchev–Trinajstić information content (AvgIpc) is 2.90. The molecule has 138 valence electrons. The average molecular weight is 431 g/mol. The van der Waals surface area contributed by atoms with Crippen LogP contribution in [0.15, 0.2) is 52.5 Å². The Morgan fingerprint density at radius 3 is 2.41 bits per heavy atom. The molecular formula is C18H15BrN4O4. The number of hydrogen-bond acceptors (Lipinski definition) is 5. The van der Waals surface area contributed by atoms with Crippen molar-refractivity contribution in [1.82, 2.24) is 5.43 Å². The first-order chi connectivity index (χ1) is 12.8. The van der Waals surface area contributed by atoms with E-state index in [1.54, 1.807) is 49.3 Å². The molecule has 0 aliphatic carbocycles. The van der Waals surface area contributed by atoms with Crippen molar-refractivity contribution in [2.24, 2.45) is 0 Å². The maximum atomic E-state index is 12.7. The van der Waals surface area contributed by atoms with Crippen LogP contribution in [-0.2, 0) is 9.59 Å². The standard InChI is InChI=1S/C18H15BrN4O4/c1-21(2)16-8-7-14(23(26)27)9-11(16)10-15-17(24)20-22(18(15)25)13-5-3-12(19)4-6-13/h3-10H,1-2H3,(H,20,24)/b15-10+. The molecule has 8 nitrogen and oxygen atoms in total. The fourth-order valence-electron chi connectivity index (χ4n) is 2.66. The quantitative estimate of drug-likeness (QED) is 0.348. The Labute approximate surface area is 163 Å². The lowest BCUT2D eigenvalue weighted by Crippen LogP contribution is -2.35. The number of nitrogens with one attached hydrogen (secondary N) is 1. The lowest BCUT2D eigenvalue weighted by atomic mass is 10.1. The maximum Gasteiger partial charge on any atom is 0.282 e. The summed E-state index contributed by atoms with van der Waals surface area (Å²) in [6, 6.07) is 11.2. The molecule has 9 heteroatoms. The van der Waals surface area contributed by atoms with Crippen molar-refractivity contribution in [2.75, 3.05) is 24.0 Å². The molecule has 1 aliphatic rings. The third-order valence-electron chi connectivity index (χ3n) is 3.98. The Morgan fingerprint density at radius 2 is 1.81 bits per heavy atom. The zero-order valence-electron chi connectivity index (χ0n) is 14.5. The van der Waals surface area contributed by atoms with Crippen LogP contribution in [0.5, 0.6) is 0 Å². The summed E-state index contributed by atoms with van der Waals surface area (Å²) in [4.78, 5) is 37.4. The summed E-state index contributed by atoms with van der Waals surface area (Å²) in [5, 5.41) is 12.2. The molecule has 1 aliphatic heterocycles. The van der Waals surface area contributed by atoms with Crippen LogP contribution in [0.2, 0.25) is 0 Å². The van der Waals surface area contributed by atoms with Crippen molar-refractivity contribution in [3.05, 3.63) is 68.2 Å². The van der Waals surface area contributed by atoms with Crippen LogP contribution in [0, 0.1) is 10.1 Å². The van der Waals surface area contributed by atoms with Gasteiger partial charge in [0.2, 0.25) is 0 Å². The molecule has 1 heterocycles. The predicted octanol–water partition coefficient (Wildman–Crippen LogP) is 2.88. The summed E-state index contributed by atoms with van der Waals surface area (Å²) in [6.07, 6.45) is 1.37. The van der Waals surface area contributed by atoms with Crippen LogP contribution < -0.4 is 15.3 Å². The zero-order valence-corrected chi connectivity index (χ0v) is 16.1. The van der Waals surface area contributed by atoms with E-state index in [0.29, 0.717) is 16.9 Å². The van der Waals surface area contributed by atoms with E-state index < -0.39 is 16.7 Å². The van der Waals surface area contributed by atoms with E-state index in [-0.39, 0.29) is 11.3 Å². The van der Waals surface area contributed by atoms with E-state index in [2.05, 4.69) is 21.4 Å². The van der Waals surface area contributed by atoms with Crippen LogP contribution >= 0.6 is 15.9 Å². The molecule has 1 saturated heterocycles. The minimum atomic E-state index is -0.570. The van der Waals surface area contributed by atoms with E-state index in [1.165, 1.54) is 18.2 Å². The van der Waals surface area contributed by atoms with Crippen molar-refractivity contribution in [1.29, 1.82) is 0 Å². The number of nitro groups is 1. The molecule has 2 aromatic rings. The lowest BCUT2D eigenvalue weighted by Gasteiger charge is -2.16. The Kier molecular flexibility index (Phi) is 4.95. The number of carbonyl (C=O) groups is 2. The van der Waals surface area contributed by atoms with Crippen molar-refractivity contribution in [3.8, 4) is 0 Å². The molecule has 0 saturated carbocycles. The number of nitrogens with zero attached hydrogens (tertiary/aromatic N) is 3. The predicted molar refractivity (Wildman–Crippen MR) is 105 cm³/mol. The molecule has 0 bridgehead atoms. The van der Waals surface area contributed by atoms with Gasteiger partial charge in [-0.2, -0.15) is 0 Å². The summed E-state index contributed by atoms with van der Waals surface area (Å²) in [5.41, 5.74) is 3.85. The minimum absolute atomic E-state index is 0.0958. The molecule has 0 aromatic heterocycles. The van der Waals surface area contributed by atoms with Gasteiger partial charge < -0.3 is 4.90 Å². The van der Waals surface area contributed by atoms with E-state index in [1.807, 2.05) is 0 Å². The highest BCUT2D eigenvalue weighted by atomic mass is 79.9. The van der Waals surface area contributed by atoms with Crippen LogP contribution in [-0.4, -0.2) is 30.8 Å². The van der Waals surface area contributed by atoms with Gasteiger partial charge in [-0.1, -0.05) is 15.9 Å². The second kappa shape index (κ2) is 7.20. The zero-order chi connectivity index (χ0) is 19.7. The fourth-order valence-corrected chi connectivity index (χ4v) is 2.93. The van der Waals surface area contributed by atoms with Crippen LogP contribution in [0.4, 0.5) is 17.1 Å². The van der Waals surface area contributed by atoms with E-state index in [4.69, 9.17) is 0 Å². The number of halogens is 1. The molecule has 2 amide bonds. The molecule has 27 heavy (non-hydrogen) atoms. The van der Waals surface area contributed by atoms with Gasteiger partial charge in [0.1, 0.15) is 5.57 Å². The first kappa shape index (κ1) is 18.6. The SMILES string of the molecule is CN(C)c1ccc([N+](=O)[O-])cc1/C=C1\C(=O)NN(c2ccc(Br)cc2)C1=O. The Balaban J connectivity index is 2.03. The molecular weight excluding hydrogens is 416 g/mol. The molecule has 0 unspecified atom stereocenters. The number of rotatable bonds is 4. The normalized spacial score (nSPS) is 15.2. The molecule has 1 N–H and O–H groups in total. The number of carbonyl (C=O) groups excluding carboxylic acids is 2. The number of anilines is 2. The maximum absolute atomic E-state index is 12.7. The molecule has 1 fully saturated rings. The second-order valence-corrected chi connectivity index (χ2v) is 6.93. The van der Waals surface area contributed by atoms with Gasteiger partial charge in [-0.3, -0.25) is 25.1 Å². The van der Waals surface area contributed by atoms with E-state index >= 15 is 0 Å². The van der Waals surface area contributed by atoms with Gasteiger partial charge in [0.05, 0.1) is 10.6 Å². The monoisotopic (exact) mass is 430 g/mol. The summed E-state index contributed by atoms with van der Waals surface area (Å²) in [5.74, 6) is -1.10. The number of nitro benzene ring substituents is 1. The van der Waals surface area contributed by atoms with E-state index in [9.17, 15) is 19.7 Å². The van der Waals surface area contributed by atoms with Gasteiger partial charge in [0, 0.05) is 42.0 Å². The smallest absolute Gasteiger partial charge is 0.282 e. The van der Waals surface area contributed by atoms with Gasteiger partial charge in [0.15, 0.2) is 0 Å². The summed E-state index contributed by atoms with van der Waals surface area (Å²) >= 11 is 3.32. The summed E-state index contributed by atoms with van der Waals surface area (Å²) in [6.45, 7) is 0. The van der Waals surface area contributed by atoms with Crippen molar-refractivity contribution >= 4 is 50.9 Å². The minimum Gasteiger partial charge on any atom is -0.377 e. The number of benzene rings is 2. The molecule has 0 spiro atoms. The van der Waals surface area contributed by atoms with Crippen molar-refractivity contribution in [2.45, 2.75) is 0 Å². The van der Waals surface area contributed by atoms with Crippen LogP contribution in [0.3, 0.4) is 0 Å². The topological polar surface area (TPSA) is 95.8 Å².